The Balaban J connectivity index is 1.50. The van der Waals surface area contributed by atoms with Crippen molar-refractivity contribution in [3.63, 3.8) is 0 Å². The normalized spacial score (nSPS) is 34.4. The Labute approximate surface area is 143 Å². The highest BCUT2D eigenvalue weighted by Crippen LogP contribution is 2.32. The van der Waals surface area contributed by atoms with Gasteiger partial charge in [-0.3, -0.25) is 14.7 Å². The predicted octanol–water partition coefficient (Wildman–Crippen LogP) is 2.35. The SMILES string of the molecule is CC(C)N1C2CCC1CN(CN1CCC[C@@H](NC(C)(C)C)C1)C2. The highest BCUT2D eigenvalue weighted by Gasteiger charge is 2.41. The van der Waals surface area contributed by atoms with E-state index in [1.165, 1.54) is 58.5 Å². The van der Waals surface area contributed by atoms with E-state index in [1.54, 1.807) is 0 Å². The van der Waals surface area contributed by atoms with Crippen molar-refractivity contribution in [1.29, 1.82) is 0 Å². The summed E-state index contributed by atoms with van der Waals surface area (Å²) in [7, 11) is 0. The average Bonchev–Trinajstić information content (AvgIpc) is 2.69. The minimum Gasteiger partial charge on any atom is -0.308 e. The van der Waals surface area contributed by atoms with E-state index in [0.29, 0.717) is 12.1 Å². The minimum atomic E-state index is 0.232. The summed E-state index contributed by atoms with van der Waals surface area (Å²) in [5.74, 6) is 0. The summed E-state index contributed by atoms with van der Waals surface area (Å²) in [6.07, 6.45) is 5.49. The van der Waals surface area contributed by atoms with E-state index in [0.717, 1.165) is 12.1 Å². The van der Waals surface area contributed by atoms with Gasteiger partial charge in [0.05, 0.1) is 6.67 Å². The van der Waals surface area contributed by atoms with Crippen LogP contribution in [0.5, 0.6) is 0 Å². The predicted molar refractivity (Wildman–Crippen MR) is 97.7 cm³/mol. The Morgan fingerprint density at radius 3 is 2.17 bits per heavy atom. The summed E-state index contributed by atoms with van der Waals surface area (Å²) < 4.78 is 0. The second-order valence-corrected chi connectivity index (χ2v) is 9.41. The molecule has 3 aliphatic rings. The lowest BCUT2D eigenvalue weighted by Gasteiger charge is -2.46. The first-order valence-electron chi connectivity index (χ1n) is 9.81. The zero-order valence-corrected chi connectivity index (χ0v) is 16.0. The molecular formula is C19H38N4. The van der Waals surface area contributed by atoms with E-state index in [9.17, 15) is 0 Å². The number of hydrogen-bond donors (Lipinski definition) is 1. The van der Waals surface area contributed by atoms with Crippen molar-refractivity contribution < 1.29 is 0 Å². The van der Waals surface area contributed by atoms with Gasteiger partial charge in [0, 0.05) is 49.3 Å². The number of nitrogens with one attached hydrogen (secondary N) is 1. The Hall–Kier alpha value is -0.160. The van der Waals surface area contributed by atoms with Crippen LogP contribution < -0.4 is 5.32 Å². The Morgan fingerprint density at radius 2 is 1.61 bits per heavy atom. The van der Waals surface area contributed by atoms with Crippen LogP contribution in [0.1, 0.15) is 60.3 Å². The molecule has 0 aromatic carbocycles. The number of rotatable bonds is 4. The van der Waals surface area contributed by atoms with Gasteiger partial charge >= 0.3 is 0 Å². The van der Waals surface area contributed by atoms with Gasteiger partial charge in [0.2, 0.25) is 0 Å². The fourth-order valence-corrected chi connectivity index (χ4v) is 5.18. The molecule has 0 saturated carbocycles. The molecule has 0 aliphatic carbocycles. The van der Waals surface area contributed by atoms with Gasteiger partial charge in [-0.15, -0.1) is 0 Å². The maximum atomic E-state index is 3.81. The van der Waals surface area contributed by atoms with E-state index < -0.39 is 0 Å². The molecule has 2 bridgehead atoms. The number of nitrogens with zero attached hydrogens (tertiary/aromatic N) is 3. The van der Waals surface area contributed by atoms with Crippen LogP contribution in [0.2, 0.25) is 0 Å². The first-order valence-corrected chi connectivity index (χ1v) is 9.81. The van der Waals surface area contributed by atoms with Crippen LogP contribution in [0.4, 0.5) is 0 Å². The van der Waals surface area contributed by atoms with Crippen molar-refractivity contribution in [2.45, 2.75) is 90.0 Å². The molecule has 3 atom stereocenters. The molecule has 4 nitrogen and oxygen atoms in total. The molecule has 0 radical (unpaired) electrons. The molecule has 0 aromatic rings. The topological polar surface area (TPSA) is 21.8 Å². The third-order valence-electron chi connectivity index (χ3n) is 5.75. The molecule has 3 rings (SSSR count). The van der Waals surface area contributed by atoms with Gasteiger partial charge in [0.25, 0.3) is 0 Å². The largest absolute Gasteiger partial charge is 0.308 e. The number of piperazine rings is 1. The lowest BCUT2D eigenvalue weighted by Crippen LogP contribution is -2.59. The minimum absolute atomic E-state index is 0.232. The third-order valence-corrected chi connectivity index (χ3v) is 5.75. The number of likely N-dealkylation sites (tertiary alicyclic amines) is 2. The molecule has 0 amide bonds. The third kappa shape index (κ3) is 4.47. The summed E-state index contributed by atoms with van der Waals surface area (Å²) in [5, 5.41) is 3.81. The van der Waals surface area contributed by atoms with Gasteiger partial charge in [0.15, 0.2) is 0 Å². The Bertz CT molecular complexity index is 375. The van der Waals surface area contributed by atoms with Crippen LogP contribution in [0, 0.1) is 0 Å². The first kappa shape index (κ1) is 17.7. The van der Waals surface area contributed by atoms with Crippen molar-refractivity contribution >= 4 is 0 Å². The van der Waals surface area contributed by atoms with Crippen LogP contribution in [0.3, 0.4) is 0 Å². The lowest BCUT2D eigenvalue weighted by molar-refractivity contribution is 0.00639. The fourth-order valence-electron chi connectivity index (χ4n) is 5.18. The molecule has 3 fully saturated rings. The average molecular weight is 323 g/mol. The van der Waals surface area contributed by atoms with Crippen molar-refractivity contribution in [3.05, 3.63) is 0 Å². The molecule has 134 valence electrons. The standard InChI is InChI=1S/C19H38N4/c1-15(2)23-17-8-9-18(23)13-22(12-17)14-21-10-6-7-16(11-21)20-19(3,4)5/h15-18,20H,6-14H2,1-5H3/t16-,17?,18?/m1/s1. The van der Waals surface area contributed by atoms with Crippen molar-refractivity contribution in [2.75, 3.05) is 32.8 Å². The quantitative estimate of drug-likeness (QED) is 0.857. The molecule has 3 aliphatic heterocycles. The lowest BCUT2D eigenvalue weighted by atomic mass is 10.0. The van der Waals surface area contributed by atoms with Gasteiger partial charge in [0.1, 0.15) is 0 Å². The second kappa shape index (κ2) is 6.99. The number of hydrogen-bond acceptors (Lipinski definition) is 4. The van der Waals surface area contributed by atoms with Gasteiger partial charge in [-0.2, -0.15) is 0 Å². The maximum Gasteiger partial charge on any atom is 0.0508 e. The summed E-state index contributed by atoms with van der Waals surface area (Å²) in [6.45, 7) is 17.8. The van der Waals surface area contributed by atoms with Gasteiger partial charge in [-0.05, 0) is 66.8 Å². The van der Waals surface area contributed by atoms with E-state index in [2.05, 4.69) is 54.6 Å². The zero-order chi connectivity index (χ0) is 16.6. The fraction of sp³-hybridized carbons (Fsp3) is 1.00. The van der Waals surface area contributed by atoms with E-state index in [1.807, 2.05) is 0 Å². The van der Waals surface area contributed by atoms with Crippen molar-refractivity contribution in [2.24, 2.45) is 0 Å². The van der Waals surface area contributed by atoms with Crippen LogP contribution in [0.25, 0.3) is 0 Å². The summed E-state index contributed by atoms with van der Waals surface area (Å²) >= 11 is 0. The molecule has 1 N–H and O–H groups in total. The van der Waals surface area contributed by atoms with Crippen LogP contribution in [-0.2, 0) is 0 Å². The zero-order valence-electron chi connectivity index (χ0n) is 16.0. The molecular weight excluding hydrogens is 284 g/mol. The highest BCUT2D eigenvalue weighted by molar-refractivity contribution is 4.97. The Morgan fingerprint density at radius 1 is 0.957 bits per heavy atom. The van der Waals surface area contributed by atoms with Crippen LogP contribution >= 0.6 is 0 Å². The molecule has 0 spiro atoms. The first-order chi connectivity index (χ1) is 10.8. The Kier molecular flexibility index (Phi) is 5.37. The molecule has 3 heterocycles. The second-order valence-electron chi connectivity index (χ2n) is 9.41. The summed E-state index contributed by atoms with van der Waals surface area (Å²) in [6, 6.07) is 2.99. The molecule has 4 heteroatoms. The van der Waals surface area contributed by atoms with E-state index in [-0.39, 0.29) is 5.54 Å². The maximum absolute atomic E-state index is 3.81. The van der Waals surface area contributed by atoms with Gasteiger partial charge in [-0.1, -0.05) is 0 Å². The van der Waals surface area contributed by atoms with Gasteiger partial charge in [-0.25, -0.2) is 0 Å². The van der Waals surface area contributed by atoms with Gasteiger partial charge < -0.3 is 5.32 Å². The molecule has 0 aromatic heterocycles. The number of fused-ring (bicyclic) bond motifs is 2. The highest BCUT2D eigenvalue weighted by atomic mass is 15.4. The number of piperidine rings is 1. The van der Waals surface area contributed by atoms with Crippen molar-refractivity contribution in [1.82, 2.24) is 20.0 Å². The van der Waals surface area contributed by atoms with Crippen LogP contribution in [-0.4, -0.2) is 77.3 Å². The smallest absolute Gasteiger partial charge is 0.0508 e. The van der Waals surface area contributed by atoms with Crippen molar-refractivity contribution in [3.8, 4) is 0 Å². The summed E-state index contributed by atoms with van der Waals surface area (Å²) in [4.78, 5) is 8.22. The van der Waals surface area contributed by atoms with E-state index in [4.69, 9.17) is 0 Å². The molecule has 3 saturated heterocycles. The van der Waals surface area contributed by atoms with E-state index >= 15 is 0 Å². The monoisotopic (exact) mass is 322 g/mol. The molecule has 2 unspecified atom stereocenters. The molecule has 23 heavy (non-hydrogen) atoms. The summed E-state index contributed by atoms with van der Waals surface area (Å²) in [5.41, 5.74) is 0.232. The van der Waals surface area contributed by atoms with Crippen LogP contribution in [0.15, 0.2) is 0 Å².